The van der Waals surface area contributed by atoms with E-state index in [1.54, 1.807) is 7.11 Å². The van der Waals surface area contributed by atoms with Crippen molar-refractivity contribution in [2.45, 2.75) is 37.8 Å². The fraction of sp³-hybridized carbons (Fsp3) is 0.524. The number of rotatable bonds is 5. The van der Waals surface area contributed by atoms with Crippen LogP contribution in [0.1, 0.15) is 49.2 Å². The van der Waals surface area contributed by atoms with Crippen LogP contribution in [-0.2, 0) is 4.74 Å². The molecule has 1 aliphatic heterocycles. The zero-order valence-corrected chi connectivity index (χ0v) is 17.1. The summed E-state index contributed by atoms with van der Waals surface area (Å²) in [5.41, 5.74) is 1.27. The lowest BCUT2D eigenvalue weighted by Crippen LogP contribution is -2.42. The maximum atomic E-state index is 13.2. The summed E-state index contributed by atoms with van der Waals surface area (Å²) in [4.78, 5) is 18.5. The minimum atomic E-state index is -0.320. The lowest BCUT2D eigenvalue weighted by atomic mass is 10.0. The Morgan fingerprint density at radius 3 is 2.77 bits per heavy atom. The second-order valence-corrected chi connectivity index (χ2v) is 7.98. The number of benzene rings is 1. The molecular weight excluding hydrogens is 384 g/mol. The Hall–Kier alpha value is -2.78. The highest BCUT2D eigenvalue weighted by Gasteiger charge is 2.33. The molecule has 0 spiro atoms. The van der Waals surface area contributed by atoms with Crippen molar-refractivity contribution in [3.63, 3.8) is 0 Å². The van der Waals surface area contributed by atoms with Gasteiger partial charge in [-0.2, -0.15) is 0 Å². The molecule has 30 heavy (non-hydrogen) atoms. The molecule has 2 aliphatic rings. The van der Waals surface area contributed by atoms with Crippen LogP contribution in [0, 0.1) is 0 Å². The molecule has 1 unspecified atom stereocenters. The molecule has 1 N–H and O–H groups in total. The monoisotopic (exact) mass is 410 g/mol. The number of ether oxygens (including phenoxy) is 2. The van der Waals surface area contributed by atoms with Crippen LogP contribution in [0.25, 0.3) is 10.9 Å². The Balaban J connectivity index is 1.63. The van der Waals surface area contributed by atoms with Crippen LogP contribution >= 0.6 is 0 Å². The molecule has 0 bridgehead atoms. The highest BCUT2D eigenvalue weighted by atomic mass is 16.5. The first-order valence-corrected chi connectivity index (χ1v) is 10.5. The normalized spacial score (nSPS) is 19.4. The Labute approximate surface area is 174 Å². The van der Waals surface area contributed by atoms with E-state index in [4.69, 9.17) is 9.47 Å². The number of aromatic nitrogens is 5. The van der Waals surface area contributed by atoms with Crippen molar-refractivity contribution in [2.24, 2.45) is 0 Å². The first kappa shape index (κ1) is 19.2. The molecule has 5 rings (SSSR count). The van der Waals surface area contributed by atoms with Crippen LogP contribution in [0.2, 0.25) is 0 Å². The largest absolute Gasteiger partial charge is 0.497 e. The third-order valence-corrected chi connectivity index (χ3v) is 6.22. The molecule has 1 atom stereocenters. The number of tetrazole rings is 1. The van der Waals surface area contributed by atoms with E-state index in [1.807, 2.05) is 28.9 Å². The van der Waals surface area contributed by atoms with Crippen LogP contribution in [-0.4, -0.2) is 63.5 Å². The van der Waals surface area contributed by atoms with E-state index in [9.17, 15) is 4.79 Å². The minimum absolute atomic E-state index is 0.131. The third-order valence-electron chi connectivity index (χ3n) is 6.22. The predicted molar refractivity (Wildman–Crippen MR) is 111 cm³/mol. The summed E-state index contributed by atoms with van der Waals surface area (Å²) < 4.78 is 12.8. The number of hydrogen-bond donors (Lipinski definition) is 1. The van der Waals surface area contributed by atoms with Crippen molar-refractivity contribution < 1.29 is 9.47 Å². The summed E-state index contributed by atoms with van der Waals surface area (Å²) in [5, 5.41) is 13.7. The molecule has 158 valence electrons. The van der Waals surface area contributed by atoms with Crippen molar-refractivity contribution >= 4 is 10.9 Å². The Morgan fingerprint density at radius 2 is 2.00 bits per heavy atom. The molecular formula is C21H26N6O3. The molecule has 1 saturated carbocycles. The van der Waals surface area contributed by atoms with Crippen molar-refractivity contribution in [3.8, 4) is 5.75 Å². The first-order chi connectivity index (χ1) is 14.7. The number of H-pyrrole nitrogens is 1. The molecule has 1 aliphatic carbocycles. The van der Waals surface area contributed by atoms with Crippen molar-refractivity contribution in [1.29, 1.82) is 0 Å². The molecule has 2 aromatic heterocycles. The average Bonchev–Trinajstić information content (AvgIpc) is 3.47. The topological polar surface area (TPSA) is 98.2 Å². The maximum absolute atomic E-state index is 13.2. The third kappa shape index (κ3) is 3.48. The standard InChI is InChI=1S/C21H26N6O3/c1-29-16-7-6-14-12-17(21(28)22-18(14)13-16)19(26-8-10-30-11-9-26)20-23-24-25-27(20)15-4-2-3-5-15/h6-7,12-13,15,19H,2-5,8-11H2,1H3,(H,22,28). The molecule has 3 heterocycles. The molecule has 9 heteroatoms. The maximum Gasteiger partial charge on any atom is 0.253 e. The van der Waals surface area contributed by atoms with E-state index in [0.29, 0.717) is 30.6 Å². The highest BCUT2D eigenvalue weighted by molar-refractivity contribution is 5.80. The number of morpholine rings is 1. The summed E-state index contributed by atoms with van der Waals surface area (Å²) in [6, 6.07) is 7.64. The summed E-state index contributed by atoms with van der Waals surface area (Å²) >= 11 is 0. The number of fused-ring (bicyclic) bond motifs is 1. The summed E-state index contributed by atoms with van der Waals surface area (Å²) in [5.74, 6) is 1.45. The van der Waals surface area contributed by atoms with Gasteiger partial charge in [-0.3, -0.25) is 9.69 Å². The summed E-state index contributed by atoms with van der Waals surface area (Å²) in [6.07, 6.45) is 4.51. The van der Waals surface area contributed by atoms with E-state index >= 15 is 0 Å². The van der Waals surface area contributed by atoms with Gasteiger partial charge in [-0.25, -0.2) is 4.68 Å². The van der Waals surface area contributed by atoms with Crippen LogP contribution in [0.15, 0.2) is 29.1 Å². The van der Waals surface area contributed by atoms with Crippen LogP contribution < -0.4 is 10.3 Å². The van der Waals surface area contributed by atoms with E-state index in [-0.39, 0.29) is 11.6 Å². The zero-order valence-electron chi connectivity index (χ0n) is 17.1. The lowest BCUT2D eigenvalue weighted by Gasteiger charge is -2.34. The van der Waals surface area contributed by atoms with Gasteiger partial charge in [-0.05, 0) is 46.9 Å². The molecule has 0 radical (unpaired) electrons. The minimum Gasteiger partial charge on any atom is -0.497 e. The first-order valence-electron chi connectivity index (χ1n) is 10.5. The molecule has 1 aromatic carbocycles. The molecule has 9 nitrogen and oxygen atoms in total. The van der Waals surface area contributed by atoms with E-state index in [1.165, 1.54) is 12.8 Å². The van der Waals surface area contributed by atoms with Gasteiger partial charge >= 0.3 is 0 Å². The predicted octanol–water partition coefficient (Wildman–Crippen LogP) is 2.06. The van der Waals surface area contributed by atoms with Crippen LogP contribution in [0.5, 0.6) is 5.75 Å². The lowest BCUT2D eigenvalue weighted by molar-refractivity contribution is 0.0211. The Bertz CT molecular complexity index is 1080. The van der Waals surface area contributed by atoms with Gasteiger partial charge in [0.2, 0.25) is 0 Å². The van der Waals surface area contributed by atoms with Gasteiger partial charge in [-0.1, -0.05) is 12.8 Å². The van der Waals surface area contributed by atoms with Gasteiger partial charge in [0.1, 0.15) is 11.8 Å². The van der Waals surface area contributed by atoms with Crippen LogP contribution in [0.4, 0.5) is 0 Å². The SMILES string of the molecule is COc1ccc2cc(C(c3nnnn3C3CCCC3)N3CCOCC3)c(=O)[nH]c2c1. The quantitative estimate of drug-likeness (QED) is 0.687. The fourth-order valence-electron chi connectivity index (χ4n) is 4.65. The zero-order chi connectivity index (χ0) is 20.5. The van der Waals surface area contributed by atoms with Gasteiger partial charge in [0, 0.05) is 24.7 Å². The number of nitrogens with one attached hydrogen (secondary N) is 1. The second kappa shape index (κ2) is 8.16. The number of nitrogens with zero attached hydrogens (tertiary/aromatic N) is 5. The smallest absolute Gasteiger partial charge is 0.253 e. The van der Waals surface area contributed by atoms with E-state index in [0.717, 1.165) is 42.7 Å². The van der Waals surface area contributed by atoms with Gasteiger partial charge in [0.15, 0.2) is 5.82 Å². The molecule has 1 saturated heterocycles. The van der Waals surface area contributed by atoms with E-state index in [2.05, 4.69) is 25.4 Å². The number of pyridine rings is 1. The second-order valence-electron chi connectivity index (χ2n) is 7.98. The summed E-state index contributed by atoms with van der Waals surface area (Å²) in [7, 11) is 1.62. The Kier molecular flexibility index (Phi) is 5.22. The highest BCUT2D eigenvalue weighted by Crippen LogP contribution is 2.34. The van der Waals surface area contributed by atoms with Gasteiger partial charge < -0.3 is 14.5 Å². The molecule has 2 fully saturated rings. The van der Waals surface area contributed by atoms with Gasteiger partial charge in [0.05, 0.1) is 31.9 Å². The van der Waals surface area contributed by atoms with Crippen molar-refractivity contribution in [1.82, 2.24) is 30.1 Å². The van der Waals surface area contributed by atoms with Crippen molar-refractivity contribution in [2.75, 3.05) is 33.4 Å². The van der Waals surface area contributed by atoms with Crippen molar-refractivity contribution in [3.05, 3.63) is 46.0 Å². The fourth-order valence-corrected chi connectivity index (χ4v) is 4.65. The molecule has 3 aromatic rings. The number of methoxy groups -OCH3 is 1. The molecule has 0 amide bonds. The Morgan fingerprint density at radius 1 is 1.20 bits per heavy atom. The number of aromatic amines is 1. The number of hydrogen-bond acceptors (Lipinski definition) is 7. The van der Waals surface area contributed by atoms with E-state index < -0.39 is 0 Å². The summed E-state index contributed by atoms with van der Waals surface area (Å²) in [6.45, 7) is 2.71. The van der Waals surface area contributed by atoms with Gasteiger partial charge in [-0.15, -0.1) is 5.10 Å². The average molecular weight is 410 g/mol. The van der Waals surface area contributed by atoms with Crippen LogP contribution in [0.3, 0.4) is 0 Å². The van der Waals surface area contributed by atoms with Gasteiger partial charge in [0.25, 0.3) is 5.56 Å².